The van der Waals surface area contributed by atoms with Gasteiger partial charge in [0.05, 0.1) is 12.4 Å². The van der Waals surface area contributed by atoms with Crippen LogP contribution in [0.4, 0.5) is 0 Å². The van der Waals surface area contributed by atoms with Crippen molar-refractivity contribution in [3.63, 3.8) is 0 Å². The van der Waals surface area contributed by atoms with Crippen molar-refractivity contribution in [2.45, 2.75) is 32.2 Å². The first-order valence-electron chi connectivity index (χ1n) is 3.89. The highest BCUT2D eigenvalue weighted by atomic mass is 15.1. The van der Waals surface area contributed by atoms with Gasteiger partial charge in [0, 0.05) is 13.0 Å². The number of fused-ring (bicyclic) bond motifs is 1. The molecule has 0 unspecified atom stereocenters. The molecule has 10 heavy (non-hydrogen) atoms. The van der Waals surface area contributed by atoms with Crippen molar-refractivity contribution in [3.8, 4) is 0 Å². The molecule has 1 aliphatic rings. The van der Waals surface area contributed by atoms with Crippen LogP contribution in [0, 0.1) is 6.20 Å². The van der Waals surface area contributed by atoms with Crippen LogP contribution in [0.15, 0.2) is 6.20 Å². The Morgan fingerprint density at radius 2 is 2.40 bits per heavy atom. The summed E-state index contributed by atoms with van der Waals surface area (Å²) in [6.07, 6.45) is 9.96. The third kappa shape index (κ3) is 0.939. The number of nitrogens with zero attached hydrogens (tertiary/aromatic N) is 2. The van der Waals surface area contributed by atoms with E-state index >= 15 is 0 Å². The highest BCUT2D eigenvalue weighted by Gasteiger charge is 2.06. The largest absolute Gasteiger partial charge is 0.327 e. The lowest BCUT2D eigenvalue weighted by Crippen LogP contribution is -1.98. The molecule has 1 radical (unpaired) electrons. The second-order valence-corrected chi connectivity index (χ2v) is 2.77. The van der Waals surface area contributed by atoms with Gasteiger partial charge in [-0.15, -0.1) is 0 Å². The van der Waals surface area contributed by atoms with Gasteiger partial charge in [-0.2, -0.15) is 0 Å². The second kappa shape index (κ2) is 2.45. The summed E-state index contributed by atoms with van der Waals surface area (Å²) in [5.41, 5.74) is 0. The summed E-state index contributed by atoms with van der Waals surface area (Å²) >= 11 is 0. The van der Waals surface area contributed by atoms with Gasteiger partial charge in [-0.25, -0.2) is 4.98 Å². The van der Waals surface area contributed by atoms with E-state index in [0.717, 1.165) is 13.0 Å². The molecule has 1 aliphatic heterocycles. The first kappa shape index (κ1) is 5.96. The zero-order valence-corrected chi connectivity index (χ0v) is 6.01. The third-order valence-corrected chi connectivity index (χ3v) is 2.02. The molecule has 0 saturated carbocycles. The second-order valence-electron chi connectivity index (χ2n) is 2.77. The van der Waals surface area contributed by atoms with Crippen LogP contribution in [0.25, 0.3) is 0 Å². The first-order chi connectivity index (χ1) is 4.97. The van der Waals surface area contributed by atoms with Crippen molar-refractivity contribution in [3.05, 3.63) is 18.2 Å². The minimum atomic E-state index is 1.12. The smallest absolute Gasteiger partial charge is 0.109 e. The van der Waals surface area contributed by atoms with Crippen molar-refractivity contribution < 1.29 is 0 Å². The molecule has 1 aromatic rings. The Hall–Kier alpha value is -0.790. The molecular formula is C8H11N2. The van der Waals surface area contributed by atoms with Crippen molar-refractivity contribution in [2.24, 2.45) is 0 Å². The number of aryl methyl sites for hydroxylation is 2. The van der Waals surface area contributed by atoms with Gasteiger partial charge in [0.25, 0.3) is 0 Å². The van der Waals surface area contributed by atoms with Crippen LogP contribution in [0.3, 0.4) is 0 Å². The summed E-state index contributed by atoms with van der Waals surface area (Å²) in [5, 5.41) is 0. The normalized spacial score (nSPS) is 18.0. The third-order valence-electron chi connectivity index (χ3n) is 2.02. The first-order valence-corrected chi connectivity index (χ1v) is 3.89. The molecular weight excluding hydrogens is 124 g/mol. The predicted octanol–water partition coefficient (Wildman–Crippen LogP) is 1.41. The van der Waals surface area contributed by atoms with E-state index in [1.807, 2.05) is 0 Å². The molecule has 1 aromatic heterocycles. The molecule has 0 saturated heterocycles. The van der Waals surface area contributed by atoms with Crippen LogP contribution in [0.5, 0.6) is 0 Å². The highest BCUT2D eigenvalue weighted by molar-refractivity contribution is 4.92. The van der Waals surface area contributed by atoms with Crippen LogP contribution in [-0.2, 0) is 13.0 Å². The molecule has 0 spiro atoms. The van der Waals surface area contributed by atoms with Crippen molar-refractivity contribution >= 4 is 0 Å². The van der Waals surface area contributed by atoms with Crippen molar-refractivity contribution in [1.29, 1.82) is 0 Å². The number of imidazole rings is 1. The van der Waals surface area contributed by atoms with Gasteiger partial charge in [0.2, 0.25) is 0 Å². The zero-order valence-electron chi connectivity index (χ0n) is 6.01. The fraction of sp³-hybridized carbons (Fsp3) is 0.625. The van der Waals surface area contributed by atoms with Crippen LogP contribution in [0.1, 0.15) is 25.1 Å². The van der Waals surface area contributed by atoms with E-state index in [1.54, 1.807) is 6.20 Å². The topological polar surface area (TPSA) is 17.8 Å². The van der Waals surface area contributed by atoms with Crippen LogP contribution >= 0.6 is 0 Å². The fourth-order valence-electron chi connectivity index (χ4n) is 1.44. The molecule has 0 bridgehead atoms. The number of aromatic nitrogens is 2. The maximum atomic E-state index is 4.22. The maximum absolute atomic E-state index is 4.22. The predicted molar refractivity (Wildman–Crippen MR) is 38.6 cm³/mol. The fourth-order valence-corrected chi connectivity index (χ4v) is 1.44. The summed E-state index contributed by atoms with van der Waals surface area (Å²) in [4.78, 5) is 4.22. The molecule has 53 valence electrons. The van der Waals surface area contributed by atoms with Crippen molar-refractivity contribution in [1.82, 2.24) is 9.55 Å². The van der Waals surface area contributed by atoms with E-state index < -0.39 is 0 Å². The van der Waals surface area contributed by atoms with E-state index in [4.69, 9.17) is 0 Å². The standard InChI is InChI=1S/C8H11N2/c1-2-4-8-9-5-7-10(8)6-3-1/h5H,1-4,6H2. The average molecular weight is 135 g/mol. The lowest BCUT2D eigenvalue weighted by Gasteiger charge is -1.98. The molecule has 2 nitrogen and oxygen atoms in total. The molecule has 2 rings (SSSR count). The lowest BCUT2D eigenvalue weighted by molar-refractivity contribution is 0.632. The quantitative estimate of drug-likeness (QED) is 0.526. The Bertz CT molecular complexity index is 194. The SMILES string of the molecule is [c]1cnc2n1CCCCC2. The van der Waals surface area contributed by atoms with E-state index in [-0.39, 0.29) is 0 Å². The van der Waals surface area contributed by atoms with Gasteiger partial charge in [-0.05, 0) is 12.8 Å². The van der Waals surface area contributed by atoms with Gasteiger partial charge in [0.1, 0.15) is 5.82 Å². The summed E-state index contributed by atoms with van der Waals surface area (Å²) in [5.74, 6) is 1.22. The van der Waals surface area contributed by atoms with E-state index in [0.29, 0.717) is 0 Å². The number of hydrogen-bond donors (Lipinski definition) is 0. The Balaban J connectivity index is 2.28. The maximum Gasteiger partial charge on any atom is 0.109 e. The van der Waals surface area contributed by atoms with Crippen LogP contribution < -0.4 is 0 Å². The molecule has 0 atom stereocenters. The Morgan fingerprint density at radius 1 is 1.40 bits per heavy atom. The van der Waals surface area contributed by atoms with E-state index in [9.17, 15) is 0 Å². The van der Waals surface area contributed by atoms with Gasteiger partial charge in [-0.1, -0.05) is 6.42 Å². The molecule has 0 N–H and O–H groups in total. The summed E-state index contributed by atoms with van der Waals surface area (Å²) in [6.45, 7) is 1.12. The molecule has 2 heterocycles. The zero-order chi connectivity index (χ0) is 6.81. The lowest BCUT2D eigenvalue weighted by atomic mass is 10.2. The molecule has 0 aliphatic carbocycles. The monoisotopic (exact) mass is 135 g/mol. The minimum Gasteiger partial charge on any atom is -0.327 e. The number of rotatable bonds is 0. The average Bonchev–Trinajstić information content (AvgIpc) is 2.28. The van der Waals surface area contributed by atoms with Gasteiger partial charge in [-0.3, -0.25) is 0 Å². The van der Waals surface area contributed by atoms with Crippen molar-refractivity contribution in [2.75, 3.05) is 0 Å². The summed E-state index contributed by atoms with van der Waals surface area (Å²) < 4.78 is 2.15. The van der Waals surface area contributed by atoms with E-state index in [1.165, 1.54) is 25.1 Å². The summed E-state index contributed by atoms with van der Waals surface area (Å²) in [6, 6.07) is 0. The Labute approximate surface area is 60.9 Å². The number of hydrogen-bond acceptors (Lipinski definition) is 1. The Kier molecular flexibility index (Phi) is 1.46. The summed E-state index contributed by atoms with van der Waals surface area (Å²) in [7, 11) is 0. The van der Waals surface area contributed by atoms with E-state index in [2.05, 4.69) is 15.7 Å². The highest BCUT2D eigenvalue weighted by Crippen LogP contribution is 2.11. The minimum absolute atomic E-state index is 1.12. The van der Waals surface area contributed by atoms with Gasteiger partial charge >= 0.3 is 0 Å². The van der Waals surface area contributed by atoms with Crippen LogP contribution in [-0.4, -0.2) is 9.55 Å². The van der Waals surface area contributed by atoms with Gasteiger partial charge < -0.3 is 4.57 Å². The molecule has 2 heteroatoms. The van der Waals surface area contributed by atoms with Gasteiger partial charge in [0.15, 0.2) is 0 Å². The molecule has 0 amide bonds. The van der Waals surface area contributed by atoms with Crippen LogP contribution in [0.2, 0.25) is 0 Å². The molecule has 0 fully saturated rings. The Morgan fingerprint density at radius 3 is 3.40 bits per heavy atom. The molecule has 0 aromatic carbocycles.